The molecule has 0 saturated heterocycles. The Labute approximate surface area is 122 Å². The summed E-state index contributed by atoms with van der Waals surface area (Å²) in [5, 5.41) is 0. The maximum absolute atomic E-state index is 13.9. The molecule has 0 bridgehead atoms. The summed E-state index contributed by atoms with van der Waals surface area (Å²) in [7, 11) is 0. The van der Waals surface area contributed by atoms with Gasteiger partial charge in [-0.05, 0) is 18.9 Å². The number of alkyl halides is 1. The molecule has 0 N–H and O–H groups in total. The van der Waals surface area contributed by atoms with Crippen molar-refractivity contribution in [1.82, 2.24) is 9.55 Å². The molecule has 0 saturated carbocycles. The summed E-state index contributed by atoms with van der Waals surface area (Å²) in [6, 6.07) is 2.34. The van der Waals surface area contributed by atoms with Gasteiger partial charge in [0.05, 0.1) is 5.52 Å². The topological polar surface area (TPSA) is 17.8 Å². The van der Waals surface area contributed by atoms with Crippen LogP contribution < -0.4 is 0 Å². The highest BCUT2D eigenvalue weighted by molar-refractivity contribution is 6.17. The van der Waals surface area contributed by atoms with E-state index in [1.54, 1.807) is 0 Å². The van der Waals surface area contributed by atoms with Gasteiger partial charge in [-0.3, -0.25) is 0 Å². The van der Waals surface area contributed by atoms with Crippen LogP contribution in [0.1, 0.15) is 39.1 Å². The van der Waals surface area contributed by atoms with Crippen molar-refractivity contribution >= 4 is 22.6 Å². The monoisotopic (exact) mass is 300 g/mol. The van der Waals surface area contributed by atoms with Gasteiger partial charge in [-0.25, -0.2) is 13.8 Å². The molecule has 2 aromatic rings. The minimum Gasteiger partial charge on any atom is -0.325 e. The van der Waals surface area contributed by atoms with Crippen LogP contribution in [0, 0.1) is 17.6 Å². The van der Waals surface area contributed by atoms with E-state index < -0.39 is 11.6 Å². The molecule has 1 heterocycles. The van der Waals surface area contributed by atoms with Crippen LogP contribution in [0.5, 0.6) is 0 Å². The second-order valence-corrected chi connectivity index (χ2v) is 5.60. The third-order valence-corrected chi connectivity index (χ3v) is 4.17. The van der Waals surface area contributed by atoms with E-state index in [0.29, 0.717) is 29.6 Å². The van der Waals surface area contributed by atoms with Gasteiger partial charge in [-0.1, -0.05) is 20.3 Å². The molecule has 2 nitrogen and oxygen atoms in total. The van der Waals surface area contributed by atoms with Crippen molar-refractivity contribution in [2.75, 3.05) is 5.88 Å². The van der Waals surface area contributed by atoms with Crippen LogP contribution in [0.3, 0.4) is 0 Å². The van der Waals surface area contributed by atoms with Gasteiger partial charge in [0.15, 0.2) is 5.82 Å². The smallest absolute Gasteiger partial charge is 0.153 e. The van der Waals surface area contributed by atoms with Crippen LogP contribution in [0.4, 0.5) is 8.78 Å². The summed E-state index contributed by atoms with van der Waals surface area (Å²) in [6.07, 6.45) is 1.52. The molecule has 0 spiro atoms. The number of rotatable bonds is 5. The lowest BCUT2D eigenvalue weighted by Crippen LogP contribution is -2.16. The van der Waals surface area contributed by atoms with Crippen molar-refractivity contribution < 1.29 is 8.78 Å². The largest absolute Gasteiger partial charge is 0.325 e. The molecule has 0 fully saturated rings. The van der Waals surface area contributed by atoms with Crippen molar-refractivity contribution in [2.24, 2.45) is 5.92 Å². The first-order valence-electron chi connectivity index (χ1n) is 6.91. The van der Waals surface area contributed by atoms with E-state index in [4.69, 9.17) is 11.6 Å². The summed E-state index contributed by atoms with van der Waals surface area (Å²) in [5.74, 6) is 0.302. The van der Waals surface area contributed by atoms with E-state index in [1.807, 2.05) is 4.57 Å². The van der Waals surface area contributed by atoms with E-state index in [0.717, 1.165) is 12.5 Å². The van der Waals surface area contributed by atoms with E-state index in [1.165, 1.54) is 6.07 Å². The first-order chi connectivity index (χ1) is 9.49. The van der Waals surface area contributed by atoms with Crippen molar-refractivity contribution in [3.05, 3.63) is 29.6 Å². The molecule has 0 amide bonds. The number of fused-ring (bicyclic) bond motifs is 1. The predicted molar refractivity (Wildman–Crippen MR) is 78.2 cm³/mol. The summed E-state index contributed by atoms with van der Waals surface area (Å²) < 4.78 is 29.3. The Morgan fingerprint density at radius 3 is 2.60 bits per heavy atom. The number of imidazole rings is 1. The fourth-order valence-electron chi connectivity index (χ4n) is 2.48. The molecule has 1 aromatic heterocycles. The molecule has 2 rings (SSSR count). The van der Waals surface area contributed by atoms with Crippen molar-refractivity contribution in [1.29, 1.82) is 0 Å². The minimum absolute atomic E-state index is 0.115. The number of benzene rings is 1. The number of hydrogen-bond acceptors (Lipinski definition) is 1. The molecular weight excluding hydrogens is 282 g/mol. The summed E-state index contributed by atoms with van der Waals surface area (Å²) in [6.45, 7) is 6.27. The van der Waals surface area contributed by atoms with Crippen LogP contribution in [0.2, 0.25) is 0 Å². The zero-order chi connectivity index (χ0) is 14.9. The Bertz CT molecular complexity index is 609. The highest BCUT2D eigenvalue weighted by Gasteiger charge is 2.21. The standard InChI is InChI=1S/C15H19ClF2N2/c1-4-9(2)10(3)20-13-8-11(17)7-12(18)15(13)19-14(20)5-6-16/h7-10H,4-6H2,1-3H3. The molecule has 0 aliphatic carbocycles. The van der Waals surface area contributed by atoms with Gasteiger partial charge in [0.2, 0.25) is 0 Å². The Morgan fingerprint density at radius 2 is 2.00 bits per heavy atom. The Balaban J connectivity index is 2.67. The second kappa shape index (κ2) is 6.08. The van der Waals surface area contributed by atoms with Crippen molar-refractivity contribution in [3.63, 3.8) is 0 Å². The minimum atomic E-state index is -0.620. The molecule has 2 unspecified atom stereocenters. The third kappa shape index (κ3) is 2.66. The Kier molecular flexibility index (Phi) is 4.63. The highest BCUT2D eigenvalue weighted by Crippen LogP contribution is 2.29. The number of hydrogen-bond donors (Lipinski definition) is 0. The van der Waals surface area contributed by atoms with Crippen LogP contribution in [-0.4, -0.2) is 15.4 Å². The average molecular weight is 301 g/mol. The summed E-state index contributed by atoms with van der Waals surface area (Å²) in [4.78, 5) is 4.32. The van der Waals surface area contributed by atoms with E-state index in [9.17, 15) is 8.78 Å². The van der Waals surface area contributed by atoms with Crippen molar-refractivity contribution in [3.8, 4) is 0 Å². The van der Waals surface area contributed by atoms with Gasteiger partial charge < -0.3 is 4.57 Å². The third-order valence-electron chi connectivity index (χ3n) is 3.98. The molecule has 2 atom stereocenters. The first-order valence-corrected chi connectivity index (χ1v) is 7.44. The number of nitrogens with zero attached hydrogens (tertiary/aromatic N) is 2. The lowest BCUT2D eigenvalue weighted by Gasteiger charge is -2.23. The van der Waals surface area contributed by atoms with Crippen LogP contribution >= 0.6 is 11.6 Å². The van der Waals surface area contributed by atoms with Crippen LogP contribution in [0.15, 0.2) is 12.1 Å². The molecule has 110 valence electrons. The lowest BCUT2D eigenvalue weighted by molar-refractivity contribution is 0.369. The maximum atomic E-state index is 13.9. The lowest BCUT2D eigenvalue weighted by atomic mass is 10.0. The maximum Gasteiger partial charge on any atom is 0.153 e. The Morgan fingerprint density at radius 1 is 1.30 bits per heavy atom. The molecular formula is C15H19ClF2N2. The number of halogens is 3. The Hall–Kier alpha value is -1.16. The van der Waals surface area contributed by atoms with Crippen LogP contribution in [-0.2, 0) is 6.42 Å². The van der Waals surface area contributed by atoms with Gasteiger partial charge in [-0.2, -0.15) is 0 Å². The summed E-state index contributed by atoms with van der Waals surface area (Å²) >= 11 is 5.80. The molecule has 0 radical (unpaired) electrons. The fourth-order valence-corrected chi connectivity index (χ4v) is 2.65. The first kappa shape index (κ1) is 15.2. The predicted octanol–water partition coefficient (Wildman–Crippen LogP) is 4.70. The second-order valence-electron chi connectivity index (χ2n) is 5.22. The summed E-state index contributed by atoms with van der Waals surface area (Å²) in [5.41, 5.74) is 0.733. The van der Waals surface area contributed by atoms with E-state index >= 15 is 0 Å². The fraction of sp³-hybridized carbons (Fsp3) is 0.533. The zero-order valence-corrected chi connectivity index (χ0v) is 12.7. The van der Waals surface area contributed by atoms with Gasteiger partial charge >= 0.3 is 0 Å². The molecule has 0 aliphatic heterocycles. The normalized spacial score (nSPS) is 14.7. The van der Waals surface area contributed by atoms with E-state index in [-0.39, 0.29) is 11.6 Å². The number of aromatic nitrogens is 2. The van der Waals surface area contributed by atoms with Gasteiger partial charge in [0.1, 0.15) is 17.2 Å². The molecule has 0 aliphatic rings. The van der Waals surface area contributed by atoms with Crippen molar-refractivity contribution in [2.45, 2.75) is 39.7 Å². The van der Waals surface area contributed by atoms with Gasteiger partial charge in [0, 0.05) is 24.4 Å². The quantitative estimate of drug-likeness (QED) is 0.732. The van der Waals surface area contributed by atoms with Gasteiger partial charge in [0.25, 0.3) is 0 Å². The van der Waals surface area contributed by atoms with Gasteiger partial charge in [-0.15, -0.1) is 11.6 Å². The number of aryl methyl sites for hydroxylation is 1. The SMILES string of the molecule is CCC(C)C(C)n1c(CCCl)nc2c(F)cc(F)cc21. The molecule has 5 heteroatoms. The molecule has 20 heavy (non-hydrogen) atoms. The zero-order valence-electron chi connectivity index (χ0n) is 12.0. The van der Waals surface area contributed by atoms with Crippen LogP contribution in [0.25, 0.3) is 11.0 Å². The average Bonchev–Trinajstić information content (AvgIpc) is 2.76. The molecule has 1 aromatic carbocycles. The highest BCUT2D eigenvalue weighted by atomic mass is 35.5. The van der Waals surface area contributed by atoms with E-state index in [2.05, 4.69) is 25.8 Å².